The van der Waals surface area contributed by atoms with E-state index in [1.807, 2.05) is 39.8 Å². The predicted molar refractivity (Wildman–Crippen MR) is 128 cm³/mol. The number of benzene rings is 1. The monoisotopic (exact) mass is 477 g/mol. The van der Waals surface area contributed by atoms with Gasteiger partial charge in [0.05, 0.1) is 26.7 Å². The van der Waals surface area contributed by atoms with E-state index in [1.165, 1.54) is 0 Å². The van der Waals surface area contributed by atoms with Crippen molar-refractivity contribution >= 4 is 18.2 Å². The summed E-state index contributed by atoms with van der Waals surface area (Å²) < 4.78 is 10.8. The first-order chi connectivity index (χ1) is 16.0. The fourth-order valence-corrected chi connectivity index (χ4v) is 4.19. The molecule has 9 nitrogen and oxygen atoms in total. The molecule has 34 heavy (non-hydrogen) atoms. The lowest BCUT2D eigenvalue weighted by atomic mass is 9.84. The van der Waals surface area contributed by atoms with E-state index >= 15 is 0 Å². The van der Waals surface area contributed by atoms with Crippen LogP contribution in [0.3, 0.4) is 0 Å². The molecule has 1 heterocycles. The van der Waals surface area contributed by atoms with Gasteiger partial charge >= 0.3 is 0 Å². The number of amides is 3. The molecule has 1 aromatic rings. The minimum atomic E-state index is -0.755. The number of ether oxygens (including phenoxy) is 2. The van der Waals surface area contributed by atoms with Crippen LogP contribution in [-0.4, -0.2) is 66.7 Å². The predicted octanol–water partition coefficient (Wildman–Crippen LogP) is 2.77. The summed E-state index contributed by atoms with van der Waals surface area (Å²) in [5.41, 5.74) is 1.55. The number of rotatable bonds is 11. The molecule has 0 aliphatic carbocycles. The molecular formula is C25H39N3O6. The second-order valence-electron chi connectivity index (χ2n) is 9.86. The molecule has 2 rings (SSSR count). The number of carbonyl (C=O) groups is 3. The quantitative estimate of drug-likeness (QED) is 0.288. The van der Waals surface area contributed by atoms with Gasteiger partial charge in [0.2, 0.25) is 18.2 Å². The lowest BCUT2D eigenvalue weighted by molar-refractivity contribution is -0.155. The first kappa shape index (κ1) is 27.4. The Bertz CT molecular complexity index is 867. The van der Waals surface area contributed by atoms with Crippen molar-refractivity contribution in [3.63, 3.8) is 0 Å². The second-order valence-corrected chi connectivity index (χ2v) is 9.86. The summed E-state index contributed by atoms with van der Waals surface area (Å²) in [7, 11) is 3.17. The molecule has 1 unspecified atom stereocenters. The largest absolute Gasteiger partial charge is 0.493 e. The molecular weight excluding hydrogens is 438 g/mol. The van der Waals surface area contributed by atoms with Gasteiger partial charge in [0.15, 0.2) is 11.5 Å². The molecule has 3 amide bonds. The first-order valence-electron chi connectivity index (χ1n) is 11.8. The minimum absolute atomic E-state index is 0.112. The Labute approximate surface area is 202 Å². The van der Waals surface area contributed by atoms with E-state index in [9.17, 15) is 19.6 Å². The Morgan fingerprint density at radius 1 is 1.21 bits per heavy atom. The molecule has 0 saturated carbocycles. The topological polar surface area (TPSA) is 108 Å². The molecule has 1 aliphatic heterocycles. The van der Waals surface area contributed by atoms with Gasteiger partial charge in [-0.3, -0.25) is 19.6 Å². The lowest BCUT2D eigenvalue weighted by Crippen LogP contribution is -2.57. The van der Waals surface area contributed by atoms with Gasteiger partial charge in [-0.15, -0.1) is 0 Å². The zero-order valence-electron chi connectivity index (χ0n) is 21.2. The molecule has 1 aliphatic rings. The highest BCUT2D eigenvalue weighted by atomic mass is 16.5. The minimum Gasteiger partial charge on any atom is -0.493 e. The fraction of sp³-hybridized carbons (Fsp3) is 0.640. The molecule has 1 aromatic carbocycles. The van der Waals surface area contributed by atoms with Crippen molar-refractivity contribution in [3.05, 3.63) is 23.3 Å². The average Bonchev–Trinajstić information content (AvgIpc) is 2.82. The van der Waals surface area contributed by atoms with Crippen LogP contribution in [0, 0.1) is 11.3 Å². The molecule has 9 heteroatoms. The third kappa shape index (κ3) is 6.85. The Morgan fingerprint density at radius 2 is 1.82 bits per heavy atom. The summed E-state index contributed by atoms with van der Waals surface area (Å²) in [5, 5.41) is 13.1. The van der Waals surface area contributed by atoms with Crippen molar-refractivity contribution in [3.8, 4) is 11.5 Å². The van der Waals surface area contributed by atoms with Gasteiger partial charge in [-0.25, -0.2) is 5.06 Å². The third-order valence-electron chi connectivity index (χ3n) is 6.24. The molecule has 0 saturated heterocycles. The standard InChI is InChI=1S/C25H39N3O6/c1-7-8-9-18(15-28(32)16-29)23(30)26-22(25(2,3)4)24(31)27-11-10-17-12-20(33-5)21(34-6)13-19(17)14-27/h12-13,16,18,22,32H,7-11,14-15H2,1-6H3,(H,26,30)/t18?,22-/m1/s1. The molecule has 0 fully saturated rings. The highest BCUT2D eigenvalue weighted by Crippen LogP contribution is 2.34. The molecule has 0 bridgehead atoms. The van der Waals surface area contributed by atoms with Gasteiger partial charge in [0.1, 0.15) is 6.04 Å². The van der Waals surface area contributed by atoms with Crippen LogP contribution >= 0.6 is 0 Å². The first-order valence-corrected chi connectivity index (χ1v) is 11.8. The van der Waals surface area contributed by atoms with Gasteiger partial charge < -0.3 is 19.7 Å². The number of nitrogens with one attached hydrogen (secondary N) is 1. The number of hydroxylamine groups is 2. The van der Waals surface area contributed by atoms with Crippen molar-refractivity contribution < 1.29 is 29.1 Å². The number of nitrogens with zero attached hydrogens (tertiary/aromatic N) is 2. The molecule has 2 atom stereocenters. The van der Waals surface area contributed by atoms with E-state index in [1.54, 1.807) is 19.1 Å². The molecule has 0 aromatic heterocycles. The Morgan fingerprint density at radius 3 is 2.35 bits per heavy atom. The van der Waals surface area contributed by atoms with Gasteiger partial charge in [-0.1, -0.05) is 40.5 Å². The summed E-state index contributed by atoms with van der Waals surface area (Å²) >= 11 is 0. The van der Waals surface area contributed by atoms with Gasteiger partial charge in [0.25, 0.3) is 0 Å². The Balaban J connectivity index is 2.22. The average molecular weight is 478 g/mol. The van der Waals surface area contributed by atoms with Crippen LogP contribution in [0.15, 0.2) is 12.1 Å². The SMILES string of the molecule is CCCCC(CN(O)C=O)C(=O)N[C@H](C(=O)N1CCc2cc(OC)c(OC)cc2C1)C(C)(C)C. The van der Waals surface area contributed by atoms with E-state index < -0.39 is 17.4 Å². The lowest BCUT2D eigenvalue weighted by Gasteiger charge is -2.38. The van der Waals surface area contributed by atoms with E-state index in [2.05, 4.69) is 5.32 Å². The van der Waals surface area contributed by atoms with Gasteiger partial charge in [-0.2, -0.15) is 0 Å². The number of fused-ring (bicyclic) bond motifs is 1. The summed E-state index contributed by atoms with van der Waals surface area (Å²) in [6.45, 7) is 8.56. The maximum atomic E-state index is 13.6. The highest BCUT2D eigenvalue weighted by Gasteiger charge is 2.38. The third-order valence-corrected chi connectivity index (χ3v) is 6.24. The van der Waals surface area contributed by atoms with E-state index in [0.717, 1.165) is 24.0 Å². The van der Waals surface area contributed by atoms with Crippen LogP contribution in [0.4, 0.5) is 0 Å². The van der Waals surface area contributed by atoms with Crippen LogP contribution < -0.4 is 14.8 Å². The van der Waals surface area contributed by atoms with E-state index in [0.29, 0.717) is 42.5 Å². The second kappa shape index (κ2) is 12.1. The van der Waals surface area contributed by atoms with Crippen LogP contribution in [0.25, 0.3) is 0 Å². The molecule has 190 valence electrons. The van der Waals surface area contributed by atoms with Gasteiger partial charge in [-0.05, 0) is 41.5 Å². The smallest absolute Gasteiger partial charge is 0.246 e. The Kier molecular flexibility index (Phi) is 9.73. The van der Waals surface area contributed by atoms with Crippen molar-refractivity contribution in [2.75, 3.05) is 27.3 Å². The maximum absolute atomic E-state index is 13.6. The number of hydrogen-bond donors (Lipinski definition) is 2. The molecule has 0 radical (unpaired) electrons. The molecule has 0 spiro atoms. The maximum Gasteiger partial charge on any atom is 0.246 e. The number of carbonyl (C=O) groups excluding carboxylic acids is 3. The van der Waals surface area contributed by atoms with Crippen molar-refractivity contribution in [1.29, 1.82) is 0 Å². The van der Waals surface area contributed by atoms with Crippen LogP contribution in [0.5, 0.6) is 11.5 Å². The Hall–Kier alpha value is -2.81. The summed E-state index contributed by atoms with van der Waals surface area (Å²) in [5.74, 6) is 0.163. The van der Waals surface area contributed by atoms with E-state index in [4.69, 9.17) is 9.47 Å². The van der Waals surface area contributed by atoms with E-state index in [-0.39, 0.29) is 24.8 Å². The summed E-state index contributed by atoms with van der Waals surface area (Å²) in [6, 6.07) is 3.09. The normalized spacial score (nSPS) is 15.1. The van der Waals surface area contributed by atoms with Crippen molar-refractivity contribution in [2.45, 2.75) is 66.0 Å². The van der Waals surface area contributed by atoms with Crippen LogP contribution in [0.2, 0.25) is 0 Å². The van der Waals surface area contributed by atoms with Crippen LogP contribution in [-0.2, 0) is 27.3 Å². The highest BCUT2D eigenvalue weighted by molar-refractivity contribution is 5.89. The van der Waals surface area contributed by atoms with Crippen LogP contribution in [0.1, 0.15) is 58.1 Å². The van der Waals surface area contributed by atoms with Crippen molar-refractivity contribution in [2.24, 2.45) is 11.3 Å². The number of hydrogen-bond acceptors (Lipinski definition) is 6. The fourth-order valence-electron chi connectivity index (χ4n) is 4.19. The summed E-state index contributed by atoms with van der Waals surface area (Å²) in [4.78, 5) is 39.4. The number of unbranched alkanes of at least 4 members (excludes halogenated alkanes) is 1. The zero-order valence-corrected chi connectivity index (χ0v) is 21.2. The number of methoxy groups -OCH3 is 2. The summed E-state index contributed by atoms with van der Waals surface area (Å²) in [6.07, 6.45) is 3.11. The van der Waals surface area contributed by atoms with Gasteiger partial charge in [0, 0.05) is 13.1 Å². The zero-order chi connectivity index (χ0) is 25.5. The molecule has 2 N–H and O–H groups in total. The van der Waals surface area contributed by atoms with Crippen molar-refractivity contribution in [1.82, 2.24) is 15.3 Å².